The van der Waals surface area contributed by atoms with Gasteiger partial charge in [0.15, 0.2) is 0 Å². The lowest BCUT2D eigenvalue weighted by Gasteiger charge is -2.23. The molecule has 0 unspecified atom stereocenters. The fourth-order valence-corrected chi connectivity index (χ4v) is 3.97. The maximum atomic E-state index is 14.3. The first-order valence-corrected chi connectivity index (χ1v) is 8.32. The number of carbonyl (C=O) groups excluding carboxylic acids is 1. The molecule has 0 radical (unpaired) electrons. The van der Waals surface area contributed by atoms with Crippen LogP contribution in [0.2, 0.25) is 5.02 Å². The molecule has 5 nitrogen and oxygen atoms in total. The quantitative estimate of drug-likeness (QED) is 0.730. The van der Waals surface area contributed by atoms with Gasteiger partial charge in [-0.25, -0.2) is 13.6 Å². The molecule has 2 amide bonds. The number of amides is 2. The van der Waals surface area contributed by atoms with E-state index in [1.165, 1.54) is 6.07 Å². The van der Waals surface area contributed by atoms with E-state index in [1.807, 2.05) is 0 Å². The summed E-state index contributed by atoms with van der Waals surface area (Å²) in [4.78, 5) is 24.1. The highest BCUT2D eigenvalue weighted by atomic mass is 35.5. The molecular formula is C16H11ClF2N2O3S. The third-order valence-electron chi connectivity index (χ3n) is 3.58. The summed E-state index contributed by atoms with van der Waals surface area (Å²) in [5.74, 6) is -2.11. The number of anilines is 1. The summed E-state index contributed by atoms with van der Waals surface area (Å²) in [6.07, 6.45) is -1.45. The highest BCUT2D eigenvalue weighted by Crippen LogP contribution is 2.45. The number of rotatable bonds is 2. The summed E-state index contributed by atoms with van der Waals surface area (Å²) in [5.41, 5.74) is 0.265. The molecule has 130 valence electrons. The van der Waals surface area contributed by atoms with Gasteiger partial charge in [0.1, 0.15) is 17.7 Å². The van der Waals surface area contributed by atoms with Crippen molar-refractivity contribution < 1.29 is 23.5 Å². The summed E-state index contributed by atoms with van der Waals surface area (Å²) in [6, 6.07) is 6.23. The monoisotopic (exact) mass is 384 g/mol. The average molecular weight is 385 g/mol. The van der Waals surface area contributed by atoms with Crippen molar-refractivity contribution >= 4 is 41.1 Å². The standard InChI is InChI=1S/C16H11ClF2N2O3S/c17-7-1-4-12-11(5-7)20-15(22)13(21-16(23)24)14(25-12)9-6-8(18)2-3-10(9)19/h1-6,13-14,21H,(H,20,22)(H,23,24)/t13-,14-/m0/s1. The SMILES string of the molecule is O=C(O)N[C@@H]1C(=O)Nc2cc(Cl)ccc2S[C@H]1c1cc(F)ccc1F. The minimum Gasteiger partial charge on any atom is -0.465 e. The van der Waals surface area contributed by atoms with Crippen LogP contribution >= 0.6 is 23.4 Å². The fourth-order valence-electron chi connectivity index (χ4n) is 2.51. The van der Waals surface area contributed by atoms with Gasteiger partial charge in [-0.1, -0.05) is 11.6 Å². The number of thioether (sulfide) groups is 1. The van der Waals surface area contributed by atoms with E-state index in [0.29, 0.717) is 15.6 Å². The van der Waals surface area contributed by atoms with Crippen LogP contribution in [0.3, 0.4) is 0 Å². The molecule has 2 aromatic rings. The zero-order chi connectivity index (χ0) is 18.1. The van der Waals surface area contributed by atoms with E-state index in [9.17, 15) is 18.4 Å². The van der Waals surface area contributed by atoms with Crippen LogP contribution < -0.4 is 10.6 Å². The third-order valence-corrected chi connectivity index (χ3v) is 5.21. The van der Waals surface area contributed by atoms with Crippen molar-refractivity contribution in [2.45, 2.75) is 16.2 Å². The molecule has 1 heterocycles. The Bertz CT molecular complexity index is 865. The lowest BCUT2D eigenvalue weighted by atomic mass is 10.0. The van der Waals surface area contributed by atoms with Crippen LogP contribution in [0.4, 0.5) is 19.3 Å². The molecule has 0 aliphatic carbocycles. The van der Waals surface area contributed by atoms with Crippen LogP contribution in [0.5, 0.6) is 0 Å². The van der Waals surface area contributed by atoms with Crippen molar-refractivity contribution in [3.05, 3.63) is 58.6 Å². The molecule has 2 aromatic carbocycles. The zero-order valence-corrected chi connectivity index (χ0v) is 14.0. The maximum Gasteiger partial charge on any atom is 0.405 e. The van der Waals surface area contributed by atoms with Gasteiger partial charge in [0, 0.05) is 15.5 Å². The number of benzene rings is 2. The first-order valence-electron chi connectivity index (χ1n) is 7.06. The van der Waals surface area contributed by atoms with E-state index in [4.69, 9.17) is 16.7 Å². The van der Waals surface area contributed by atoms with Gasteiger partial charge in [-0.15, -0.1) is 11.8 Å². The van der Waals surface area contributed by atoms with Crippen LogP contribution in [0.15, 0.2) is 41.3 Å². The smallest absolute Gasteiger partial charge is 0.405 e. The lowest BCUT2D eigenvalue weighted by Crippen LogP contribution is -2.45. The molecular weight excluding hydrogens is 374 g/mol. The Hall–Kier alpha value is -2.32. The summed E-state index contributed by atoms with van der Waals surface area (Å²) in [6.45, 7) is 0. The topological polar surface area (TPSA) is 78.4 Å². The molecule has 25 heavy (non-hydrogen) atoms. The minimum atomic E-state index is -1.45. The number of nitrogens with one attached hydrogen (secondary N) is 2. The highest BCUT2D eigenvalue weighted by molar-refractivity contribution is 7.99. The van der Waals surface area contributed by atoms with Crippen LogP contribution in [-0.4, -0.2) is 23.1 Å². The molecule has 0 aromatic heterocycles. The van der Waals surface area contributed by atoms with Crippen molar-refractivity contribution in [1.29, 1.82) is 0 Å². The van der Waals surface area contributed by atoms with Crippen molar-refractivity contribution in [2.24, 2.45) is 0 Å². The van der Waals surface area contributed by atoms with E-state index in [0.717, 1.165) is 30.0 Å². The van der Waals surface area contributed by atoms with E-state index >= 15 is 0 Å². The van der Waals surface area contributed by atoms with Crippen molar-refractivity contribution in [3.63, 3.8) is 0 Å². The molecule has 0 saturated heterocycles. The molecule has 3 N–H and O–H groups in total. The van der Waals surface area contributed by atoms with Gasteiger partial charge in [0.2, 0.25) is 5.91 Å². The molecule has 3 rings (SSSR count). The normalized spacial score (nSPS) is 19.6. The number of halogens is 3. The number of hydrogen-bond donors (Lipinski definition) is 3. The van der Waals surface area contributed by atoms with Gasteiger partial charge < -0.3 is 15.7 Å². The van der Waals surface area contributed by atoms with E-state index in [2.05, 4.69) is 10.6 Å². The molecule has 0 spiro atoms. The summed E-state index contributed by atoms with van der Waals surface area (Å²) in [5, 5.41) is 13.0. The van der Waals surface area contributed by atoms with Crippen LogP contribution in [0.25, 0.3) is 0 Å². The Kier molecular flexibility index (Phi) is 4.82. The second kappa shape index (κ2) is 6.89. The van der Waals surface area contributed by atoms with Gasteiger partial charge in [0.25, 0.3) is 0 Å². The molecule has 2 atom stereocenters. The fraction of sp³-hybridized carbons (Fsp3) is 0.125. The predicted molar refractivity (Wildman–Crippen MR) is 90.0 cm³/mol. The number of fused-ring (bicyclic) bond motifs is 1. The second-order valence-electron chi connectivity index (χ2n) is 5.26. The number of carboxylic acid groups (broad SMARTS) is 1. The van der Waals surface area contributed by atoms with Gasteiger partial charge in [-0.3, -0.25) is 4.79 Å². The Morgan fingerprint density at radius 1 is 1.24 bits per heavy atom. The maximum absolute atomic E-state index is 14.3. The summed E-state index contributed by atoms with van der Waals surface area (Å²) in [7, 11) is 0. The lowest BCUT2D eigenvalue weighted by molar-refractivity contribution is -0.118. The summed E-state index contributed by atoms with van der Waals surface area (Å²) < 4.78 is 27.9. The Morgan fingerprint density at radius 2 is 2.00 bits per heavy atom. The largest absolute Gasteiger partial charge is 0.465 e. The Balaban J connectivity index is 2.12. The van der Waals surface area contributed by atoms with Crippen molar-refractivity contribution in [1.82, 2.24) is 5.32 Å². The van der Waals surface area contributed by atoms with E-state index in [1.54, 1.807) is 12.1 Å². The molecule has 9 heteroatoms. The minimum absolute atomic E-state index is 0.110. The first kappa shape index (κ1) is 17.5. The molecule has 1 aliphatic heterocycles. The molecule has 0 saturated carbocycles. The molecule has 0 bridgehead atoms. The van der Waals surface area contributed by atoms with Gasteiger partial charge in [-0.2, -0.15) is 0 Å². The number of carbonyl (C=O) groups is 2. The third kappa shape index (κ3) is 3.69. The predicted octanol–water partition coefficient (Wildman–Crippen LogP) is 4.04. The first-order chi connectivity index (χ1) is 11.8. The van der Waals surface area contributed by atoms with E-state index < -0.39 is 34.9 Å². The van der Waals surface area contributed by atoms with E-state index in [-0.39, 0.29) is 5.56 Å². The average Bonchev–Trinajstić information content (AvgIpc) is 2.66. The second-order valence-corrected chi connectivity index (χ2v) is 6.88. The van der Waals surface area contributed by atoms with Crippen molar-refractivity contribution in [3.8, 4) is 0 Å². The van der Waals surface area contributed by atoms with Crippen LogP contribution in [0, 0.1) is 11.6 Å². The van der Waals surface area contributed by atoms with Gasteiger partial charge >= 0.3 is 6.09 Å². The summed E-state index contributed by atoms with van der Waals surface area (Å²) >= 11 is 6.96. The van der Waals surface area contributed by atoms with Gasteiger partial charge in [-0.05, 0) is 36.4 Å². The van der Waals surface area contributed by atoms with Crippen LogP contribution in [0.1, 0.15) is 10.8 Å². The molecule has 1 aliphatic rings. The van der Waals surface area contributed by atoms with Crippen molar-refractivity contribution in [2.75, 3.05) is 5.32 Å². The van der Waals surface area contributed by atoms with Crippen LogP contribution in [-0.2, 0) is 4.79 Å². The highest BCUT2D eigenvalue weighted by Gasteiger charge is 2.37. The van der Waals surface area contributed by atoms with Gasteiger partial charge in [0.05, 0.1) is 10.9 Å². The Labute approximate surface area is 150 Å². The zero-order valence-electron chi connectivity index (χ0n) is 12.4. The Morgan fingerprint density at radius 3 is 2.72 bits per heavy atom. The molecule has 0 fully saturated rings. The number of hydrogen-bond acceptors (Lipinski definition) is 3.